The van der Waals surface area contributed by atoms with Gasteiger partial charge in [0.1, 0.15) is 0 Å². The number of aromatic nitrogens is 2. The van der Waals surface area contributed by atoms with E-state index in [0.717, 1.165) is 31.4 Å². The maximum Gasteiger partial charge on any atom is 0.0773 e. The fourth-order valence-electron chi connectivity index (χ4n) is 2.22. The quantitative estimate of drug-likeness (QED) is 0.847. The lowest BCUT2D eigenvalue weighted by atomic mass is 10.0. The molecule has 4 nitrogen and oxygen atoms in total. The number of hydrogen-bond donors (Lipinski definition) is 1. The van der Waals surface area contributed by atoms with Crippen LogP contribution >= 0.6 is 0 Å². The first kappa shape index (κ1) is 11.6. The Kier molecular flexibility index (Phi) is 3.61. The standard InChI is InChI=1S/C12H21N3O/c1-3-6-15-8-10(7-14-15)12(13)11-5-4-9(2)16-11/h7-9,11-12H,3-6,13H2,1-2H3. The van der Waals surface area contributed by atoms with E-state index in [0.29, 0.717) is 6.10 Å². The Bertz CT molecular complexity index is 337. The zero-order valence-corrected chi connectivity index (χ0v) is 10.1. The summed E-state index contributed by atoms with van der Waals surface area (Å²) in [5, 5.41) is 4.30. The Labute approximate surface area is 96.8 Å². The Morgan fingerprint density at radius 2 is 2.44 bits per heavy atom. The summed E-state index contributed by atoms with van der Waals surface area (Å²) in [5.41, 5.74) is 7.28. The van der Waals surface area contributed by atoms with E-state index in [2.05, 4.69) is 18.9 Å². The predicted octanol–water partition coefficient (Wildman–Crippen LogP) is 1.86. The molecule has 0 radical (unpaired) electrons. The van der Waals surface area contributed by atoms with E-state index in [4.69, 9.17) is 10.5 Å². The largest absolute Gasteiger partial charge is 0.373 e. The van der Waals surface area contributed by atoms with Gasteiger partial charge in [-0.15, -0.1) is 0 Å². The first-order valence-electron chi connectivity index (χ1n) is 6.14. The molecule has 90 valence electrons. The minimum atomic E-state index is -0.0319. The number of aryl methyl sites for hydroxylation is 1. The summed E-state index contributed by atoms with van der Waals surface area (Å²) in [7, 11) is 0. The summed E-state index contributed by atoms with van der Waals surface area (Å²) in [6, 6.07) is -0.0319. The van der Waals surface area contributed by atoms with Crippen LogP contribution in [0.5, 0.6) is 0 Å². The minimum Gasteiger partial charge on any atom is -0.373 e. The monoisotopic (exact) mass is 223 g/mol. The molecule has 0 aliphatic carbocycles. The molecule has 4 heteroatoms. The Morgan fingerprint density at radius 1 is 1.62 bits per heavy atom. The highest BCUT2D eigenvalue weighted by molar-refractivity contribution is 5.12. The van der Waals surface area contributed by atoms with Crippen LogP contribution in [-0.2, 0) is 11.3 Å². The third-order valence-corrected chi connectivity index (χ3v) is 3.16. The molecule has 1 aliphatic heterocycles. The van der Waals surface area contributed by atoms with Crippen LogP contribution in [0.2, 0.25) is 0 Å². The molecule has 2 N–H and O–H groups in total. The molecule has 0 spiro atoms. The molecule has 0 bridgehead atoms. The molecular formula is C12H21N3O. The third-order valence-electron chi connectivity index (χ3n) is 3.16. The van der Waals surface area contributed by atoms with Crippen molar-refractivity contribution >= 4 is 0 Å². The van der Waals surface area contributed by atoms with Crippen LogP contribution in [0.4, 0.5) is 0 Å². The molecule has 3 atom stereocenters. The summed E-state index contributed by atoms with van der Waals surface area (Å²) in [6.45, 7) is 5.20. The van der Waals surface area contributed by atoms with Crippen LogP contribution in [0.25, 0.3) is 0 Å². The number of nitrogens with zero attached hydrogens (tertiary/aromatic N) is 2. The summed E-state index contributed by atoms with van der Waals surface area (Å²) in [6.07, 6.45) is 7.68. The van der Waals surface area contributed by atoms with E-state index in [1.807, 2.05) is 17.1 Å². The summed E-state index contributed by atoms with van der Waals surface area (Å²) in [5.74, 6) is 0. The van der Waals surface area contributed by atoms with E-state index in [-0.39, 0.29) is 12.1 Å². The van der Waals surface area contributed by atoms with Gasteiger partial charge in [0.25, 0.3) is 0 Å². The van der Waals surface area contributed by atoms with Gasteiger partial charge in [-0.2, -0.15) is 5.10 Å². The Hall–Kier alpha value is -0.870. The smallest absolute Gasteiger partial charge is 0.0773 e. The molecule has 1 saturated heterocycles. The topological polar surface area (TPSA) is 53.1 Å². The molecule has 1 aliphatic rings. The lowest BCUT2D eigenvalue weighted by molar-refractivity contribution is 0.0401. The molecule has 2 rings (SSSR count). The molecule has 16 heavy (non-hydrogen) atoms. The molecular weight excluding hydrogens is 202 g/mol. The van der Waals surface area contributed by atoms with Gasteiger partial charge in [0.2, 0.25) is 0 Å². The van der Waals surface area contributed by atoms with Crippen LogP contribution in [0.15, 0.2) is 12.4 Å². The third kappa shape index (κ3) is 2.44. The van der Waals surface area contributed by atoms with Crippen molar-refractivity contribution in [3.63, 3.8) is 0 Å². The number of rotatable bonds is 4. The SMILES string of the molecule is CCCn1cc(C(N)C2CCC(C)O2)cn1. The Balaban J connectivity index is 1.99. The average molecular weight is 223 g/mol. The zero-order valence-electron chi connectivity index (χ0n) is 10.1. The summed E-state index contributed by atoms with van der Waals surface area (Å²) >= 11 is 0. The second kappa shape index (κ2) is 4.97. The van der Waals surface area contributed by atoms with Crippen LogP contribution < -0.4 is 5.73 Å². The summed E-state index contributed by atoms with van der Waals surface area (Å²) in [4.78, 5) is 0. The normalized spacial score (nSPS) is 27.2. The van der Waals surface area contributed by atoms with Crippen molar-refractivity contribution < 1.29 is 4.74 Å². The van der Waals surface area contributed by atoms with E-state index < -0.39 is 0 Å². The molecule has 0 amide bonds. The molecule has 1 fully saturated rings. The lowest BCUT2D eigenvalue weighted by Gasteiger charge is -2.17. The van der Waals surface area contributed by atoms with Crippen molar-refractivity contribution in [2.24, 2.45) is 5.73 Å². The van der Waals surface area contributed by atoms with E-state index in [1.54, 1.807) is 0 Å². The van der Waals surface area contributed by atoms with Crippen LogP contribution in [0.1, 0.15) is 44.7 Å². The fourth-order valence-corrected chi connectivity index (χ4v) is 2.22. The molecule has 0 saturated carbocycles. The van der Waals surface area contributed by atoms with Gasteiger partial charge < -0.3 is 10.5 Å². The molecule has 1 aromatic rings. The van der Waals surface area contributed by atoms with Gasteiger partial charge >= 0.3 is 0 Å². The molecule has 2 heterocycles. The van der Waals surface area contributed by atoms with E-state index in [9.17, 15) is 0 Å². The second-order valence-corrected chi connectivity index (χ2v) is 4.63. The van der Waals surface area contributed by atoms with Gasteiger partial charge in [-0.3, -0.25) is 4.68 Å². The first-order chi connectivity index (χ1) is 7.70. The molecule has 3 unspecified atom stereocenters. The average Bonchev–Trinajstić information content (AvgIpc) is 2.87. The lowest BCUT2D eigenvalue weighted by Crippen LogP contribution is -2.26. The first-order valence-corrected chi connectivity index (χ1v) is 6.14. The second-order valence-electron chi connectivity index (χ2n) is 4.63. The Morgan fingerprint density at radius 3 is 3.06 bits per heavy atom. The van der Waals surface area contributed by atoms with Crippen molar-refractivity contribution in [2.75, 3.05) is 0 Å². The zero-order chi connectivity index (χ0) is 11.5. The minimum absolute atomic E-state index is 0.0319. The highest BCUT2D eigenvalue weighted by atomic mass is 16.5. The van der Waals surface area contributed by atoms with E-state index >= 15 is 0 Å². The van der Waals surface area contributed by atoms with E-state index in [1.165, 1.54) is 0 Å². The van der Waals surface area contributed by atoms with Crippen LogP contribution in [-0.4, -0.2) is 22.0 Å². The van der Waals surface area contributed by atoms with Gasteiger partial charge in [-0.25, -0.2) is 0 Å². The maximum atomic E-state index is 6.19. The predicted molar refractivity (Wildman–Crippen MR) is 63.0 cm³/mol. The number of hydrogen-bond acceptors (Lipinski definition) is 3. The van der Waals surface area contributed by atoms with Gasteiger partial charge in [0.15, 0.2) is 0 Å². The van der Waals surface area contributed by atoms with Crippen molar-refractivity contribution in [3.8, 4) is 0 Å². The van der Waals surface area contributed by atoms with Gasteiger partial charge in [0.05, 0.1) is 24.4 Å². The molecule has 1 aromatic heterocycles. The van der Waals surface area contributed by atoms with Crippen LogP contribution in [0, 0.1) is 0 Å². The van der Waals surface area contributed by atoms with Crippen molar-refractivity contribution in [2.45, 2.75) is 57.9 Å². The van der Waals surface area contributed by atoms with Gasteiger partial charge in [0, 0.05) is 18.3 Å². The van der Waals surface area contributed by atoms with Gasteiger partial charge in [-0.05, 0) is 26.2 Å². The molecule has 0 aromatic carbocycles. The maximum absolute atomic E-state index is 6.19. The highest BCUT2D eigenvalue weighted by Crippen LogP contribution is 2.28. The highest BCUT2D eigenvalue weighted by Gasteiger charge is 2.28. The van der Waals surface area contributed by atoms with Crippen molar-refractivity contribution in [1.82, 2.24) is 9.78 Å². The van der Waals surface area contributed by atoms with Crippen molar-refractivity contribution in [1.29, 1.82) is 0 Å². The number of ether oxygens (including phenoxy) is 1. The fraction of sp³-hybridized carbons (Fsp3) is 0.750. The van der Waals surface area contributed by atoms with Gasteiger partial charge in [-0.1, -0.05) is 6.92 Å². The van der Waals surface area contributed by atoms with Crippen molar-refractivity contribution in [3.05, 3.63) is 18.0 Å². The number of nitrogens with two attached hydrogens (primary N) is 1. The van der Waals surface area contributed by atoms with Crippen LogP contribution in [0.3, 0.4) is 0 Å². The summed E-state index contributed by atoms with van der Waals surface area (Å²) < 4.78 is 7.74.